The van der Waals surface area contributed by atoms with E-state index in [1.54, 1.807) is 24.1 Å². The number of nitrogens with zero attached hydrogens (tertiary/aromatic N) is 1. The topological polar surface area (TPSA) is 123 Å². The van der Waals surface area contributed by atoms with Crippen molar-refractivity contribution in [3.8, 4) is 11.5 Å². The second-order valence-electron chi connectivity index (χ2n) is 9.08. The van der Waals surface area contributed by atoms with Crippen LogP contribution in [0.4, 0.5) is 5.69 Å². The molecule has 1 aliphatic heterocycles. The van der Waals surface area contributed by atoms with Gasteiger partial charge >= 0.3 is 0 Å². The third-order valence-electron chi connectivity index (χ3n) is 6.48. The highest BCUT2D eigenvalue weighted by Gasteiger charge is 2.32. The first-order valence-electron chi connectivity index (χ1n) is 12.4. The largest absolute Gasteiger partial charge is 0.496 e. The number of fused-ring (bicyclic) bond motifs is 2. The number of aliphatic hydroxyl groups is 1. The van der Waals surface area contributed by atoms with Gasteiger partial charge in [-0.05, 0) is 54.4 Å². The van der Waals surface area contributed by atoms with Crippen LogP contribution < -0.4 is 25.4 Å². The van der Waals surface area contributed by atoms with Gasteiger partial charge in [0, 0.05) is 16.6 Å². The Morgan fingerprint density at radius 2 is 2.00 bits per heavy atom. The van der Waals surface area contributed by atoms with Crippen molar-refractivity contribution >= 4 is 44.2 Å². The van der Waals surface area contributed by atoms with Crippen LogP contribution in [0.2, 0.25) is 0 Å². The highest BCUT2D eigenvalue weighted by molar-refractivity contribution is 9.10. The van der Waals surface area contributed by atoms with Crippen LogP contribution in [0, 0.1) is 0 Å². The lowest BCUT2D eigenvalue weighted by Gasteiger charge is -2.30. The van der Waals surface area contributed by atoms with Crippen molar-refractivity contribution in [3.63, 3.8) is 0 Å². The quantitative estimate of drug-likeness (QED) is 0.406. The number of hydrogen-bond acceptors (Lipinski definition) is 7. The zero-order chi connectivity index (χ0) is 27.2. The maximum atomic E-state index is 14.2. The second kappa shape index (κ2) is 12.6. The Morgan fingerprint density at radius 1 is 1.21 bits per heavy atom. The minimum absolute atomic E-state index is 0.150. The average molecular weight is 586 g/mol. The number of hydrogen-bond donors (Lipinski definition) is 3. The number of carbonyl (C=O) groups excluding carboxylic acids is 2. The zero-order valence-corrected chi connectivity index (χ0v) is 22.9. The van der Waals surface area contributed by atoms with E-state index >= 15 is 0 Å². The van der Waals surface area contributed by atoms with E-state index in [0.717, 1.165) is 20.8 Å². The lowest BCUT2D eigenvalue weighted by atomic mass is 10.0. The van der Waals surface area contributed by atoms with Crippen molar-refractivity contribution in [2.24, 2.45) is 5.73 Å². The van der Waals surface area contributed by atoms with Crippen LogP contribution in [0.3, 0.4) is 0 Å². The maximum Gasteiger partial charge on any atom is 0.250 e. The van der Waals surface area contributed by atoms with Gasteiger partial charge in [-0.3, -0.25) is 9.59 Å². The van der Waals surface area contributed by atoms with Crippen LogP contribution in [-0.4, -0.2) is 62.0 Å². The molecule has 1 aliphatic rings. The smallest absolute Gasteiger partial charge is 0.250 e. The van der Waals surface area contributed by atoms with Crippen molar-refractivity contribution in [2.45, 2.75) is 38.1 Å². The molecule has 4 rings (SSSR count). The molecule has 10 heteroatoms. The van der Waals surface area contributed by atoms with Crippen LogP contribution in [-0.2, 0) is 20.9 Å². The Kier molecular flexibility index (Phi) is 9.22. The van der Waals surface area contributed by atoms with Gasteiger partial charge in [0.15, 0.2) is 0 Å². The molecule has 0 radical (unpaired) electrons. The van der Waals surface area contributed by atoms with Crippen molar-refractivity contribution in [1.29, 1.82) is 0 Å². The summed E-state index contributed by atoms with van der Waals surface area (Å²) in [5, 5.41) is 14.5. The van der Waals surface area contributed by atoms with E-state index in [-0.39, 0.29) is 25.5 Å². The number of amides is 2. The number of halogens is 1. The summed E-state index contributed by atoms with van der Waals surface area (Å²) < 4.78 is 18.3. The molecule has 0 saturated heterocycles. The Hall–Kier alpha value is -3.18. The predicted molar refractivity (Wildman–Crippen MR) is 148 cm³/mol. The fourth-order valence-corrected chi connectivity index (χ4v) is 4.77. The van der Waals surface area contributed by atoms with Gasteiger partial charge in [0.05, 0.1) is 32.1 Å². The lowest BCUT2D eigenvalue weighted by molar-refractivity contribution is -0.130. The second-order valence-corrected chi connectivity index (χ2v) is 10.00. The van der Waals surface area contributed by atoms with E-state index in [1.165, 1.54) is 6.92 Å². The van der Waals surface area contributed by atoms with Crippen LogP contribution in [0.25, 0.3) is 10.8 Å². The minimum Gasteiger partial charge on any atom is -0.496 e. The third kappa shape index (κ3) is 6.27. The summed E-state index contributed by atoms with van der Waals surface area (Å²) in [6.45, 7) is 2.42. The van der Waals surface area contributed by atoms with Crippen molar-refractivity contribution in [3.05, 3.63) is 64.6 Å². The number of para-hydroxylation sites is 2. The zero-order valence-electron chi connectivity index (χ0n) is 21.4. The normalized spacial score (nSPS) is 18.1. The summed E-state index contributed by atoms with van der Waals surface area (Å²) >= 11 is 3.52. The molecule has 0 fully saturated rings. The van der Waals surface area contributed by atoms with E-state index < -0.39 is 24.1 Å². The summed E-state index contributed by atoms with van der Waals surface area (Å²) in [5.41, 5.74) is 7.22. The molecule has 0 spiro atoms. The lowest BCUT2D eigenvalue weighted by Crippen LogP contribution is -2.55. The number of nitrogens with two attached hydrogens (primary N) is 1. The number of aliphatic hydroxyl groups excluding tert-OH is 1. The number of rotatable bonds is 6. The van der Waals surface area contributed by atoms with Crippen molar-refractivity contribution in [1.82, 2.24) is 5.32 Å². The van der Waals surface area contributed by atoms with E-state index in [2.05, 4.69) is 21.2 Å². The number of ether oxygens (including phenoxy) is 3. The molecular formula is C28H32BrN3O6. The number of anilines is 1. The molecular weight excluding hydrogens is 554 g/mol. The standard InChI is InChI=1S/C28H32BrN3O6/c1-17(33)26(30)27(34)31-22-11-12-37-13-14-38-25-6-4-3-5-23(25)32(28(22)35)16-21-20-9-8-19(29)15-18(20)7-10-24(21)36-2/h3-10,15,17,22,26,33H,11-14,16,30H2,1-2H3,(H,31,34). The monoisotopic (exact) mass is 585 g/mol. The number of nitrogens with one attached hydrogen (secondary N) is 1. The van der Waals surface area contributed by atoms with Gasteiger partial charge < -0.3 is 35.3 Å². The minimum atomic E-state index is -1.18. The van der Waals surface area contributed by atoms with Gasteiger partial charge in [-0.15, -0.1) is 0 Å². The fraction of sp³-hybridized carbons (Fsp3) is 0.357. The fourth-order valence-electron chi connectivity index (χ4n) is 4.39. The molecule has 9 nitrogen and oxygen atoms in total. The van der Waals surface area contributed by atoms with Crippen LogP contribution >= 0.6 is 15.9 Å². The van der Waals surface area contributed by atoms with Crippen molar-refractivity contribution < 1.29 is 28.9 Å². The number of methoxy groups -OCH3 is 1. The van der Waals surface area contributed by atoms with Crippen LogP contribution in [0.15, 0.2) is 59.1 Å². The molecule has 38 heavy (non-hydrogen) atoms. The molecule has 3 aromatic rings. The third-order valence-corrected chi connectivity index (χ3v) is 6.98. The molecule has 3 atom stereocenters. The van der Waals surface area contributed by atoms with Gasteiger partial charge in [-0.1, -0.05) is 40.2 Å². The number of benzene rings is 3. The van der Waals surface area contributed by atoms with Gasteiger partial charge in [0.2, 0.25) is 11.8 Å². The van der Waals surface area contributed by atoms with E-state index in [0.29, 0.717) is 30.4 Å². The first-order chi connectivity index (χ1) is 18.3. The molecule has 0 bridgehead atoms. The molecule has 0 aromatic heterocycles. The highest BCUT2D eigenvalue weighted by atomic mass is 79.9. The SMILES string of the molecule is COc1ccc2cc(Br)ccc2c1CN1C(=O)C(NC(=O)C(N)C(C)O)CCOCCOc2ccccc21. The van der Waals surface area contributed by atoms with E-state index in [1.807, 2.05) is 42.5 Å². The maximum absolute atomic E-state index is 14.2. The van der Waals surface area contributed by atoms with E-state index in [4.69, 9.17) is 19.9 Å². The van der Waals surface area contributed by atoms with Gasteiger partial charge in [-0.2, -0.15) is 0 Å². The van der Waals surface area contributed by atoms with Crippen molar-refractivity contribution in [2.75, 3.05) is 31.8 Å². The molecule has 1 heterocycles. The Bertz CT molecular complexity index is 1300. The summed E-state index contributed by atoms with van der Waals surface area (Å²) in [5.74, 6) is 0.151. The highest BCUT2D eigenvalue weighted by Crippen LogP contribution is 2.35. The Labute approximate surface area is 230 Å². The Balaban J connectivity index is 1.81. The molecule has 202 valence electrons. The summed E-state index contributed by atoms with van der Waals surface area (Å²) in [4.78, 5) is 28.6. The molecule has 2 amide bonds. The Morgan fingerprint density at radius 3 is 2.76 bits per heavy atom. The van der Waals surface area contributed by atoms with Gasteiger partial charge in [0.25, 0.3) is 0 Å². The van der Waals surface area contributed by atoms with Gasteiger partial charge in [-0.25, -0.2) is 0 Å². The predicted octanol–water partition coefficient (Wildman–Crippen LogP) is 3.14. The molecule has 4 N–H and O–H groups in total. The van der Waals surface area contributed by atoms with Crippen LogP contribution in [0.1, 0.15) is 18.9 Å². The molecule has 0 saturated carbocycles. The summed E-state index contributed by atoms with van der Waals surface area (Å²) in [7, 11) is 1.59. The summed E-state index contributed by atoms with van der Waals surface area (Å²) in [6.07, 6.45) is -0.858. The van der Waals surface area contributed by atoms with E-state index in [9.17, 15) is 14.7 Å². The number of carbonyl (C=O) groups is 2. The summed E-state index contributed by atoms with van der Waals surface area (Å²) in [6, 6.07) is 14.9. The molecule has 0 aliphatic carbocycles. The molecule has 3 aromatic carbocycles. The molecule has 3 unspecified atom stereocenters. The van der Waals surface area contributed by atoms with Gasteiger partial charge in [0.1, 0.15) is 30.2 Å². The average Bonchev–Trinajstić information content (AvgIpc) is 2.94. The first kappa shape index (κ1) is 27.8. The first-order valence-corrected chi connectivity index (χ1v) is 13.2. The van der Waals surface area contributed by atoms with Crippen LogP contribution in [0.5, 0.6) is 11.5 Å².